The maximum atomic E-state index is 12.3. The Morgan fingerprint density at radius 1 is 1.22 bits per heavy atom. The lowest BCUT2D eigenvalue weighted by molar-refractivity contribution is -0.133. The number of amides is 1. The third kappa shape index (κ3) is 3.70. The summed E-state index contributed by atoms with van der Waals surface area (Å²) in [6, 6.07) is 7.31. The zero-order valence-corrected chi connectivity index (χ0v) is 13.7. The van der Waals surface area contributed by atoms with Crippen molar-refractivity contribution in [1.29, 1.82) is 0 Å². The van der Waals surface area contributed by atoms with Gasteiger partial charge >= 0.3 is 0 Å². The normalized spacial score (nSPS) is 14.7. The van der Waals surface area contributed by atoms with Crippen LogP contribution in [0.4, 0.5) is 5.82 Å². The minimum absolute atomic E-state index is 0.0125. The predicted octanol–water partition coefficient (Wildman–Crippen LogP) is 1.27. The van der Waals surface area contributed by atoms with Gasteiger partial charge in [0, 0.05) is 26.2 Å². The Bertz CT molecular complexity index is 642. The van der Waals surface area contributed by atoms with E-state index in [1.165, 1.54) is 11.7 Å². The van der Waals surface area contributed by atoms with Crippen molar-refractivity contribution in [2.24, 2.45) is 0 Å². The number of hydrogen-bond acceptors (Lipinski definition) is 7. The number of piperazine rings is 1. The van der Waals surface area contributed by atoms with Crippen LogP contribution in [-0.4, -0.2) is 59.4 Å². The molecule has 1 aliphatic heterocycles. The number of nitrogens with zero attached hydrogens (tertiary/aromatic N) is 4. The second kappa shape index (κ2) is 7.28. The lowest BCUT2D eigenvalue weighted by Crippen LogP contribution is -2.50. The molecule has 0 saturated carbocycles. The molecule has 1 fully saturated rings. The molecule has 3 rings (SSSR count). The molecule has 7 nitrogen and oxygen atoms in total. The SMILES string of the molecule is COc1ccccc1OCC(=O)N1CCN(c2cnsn2)CC1. The van der Waals surface area contributed by atoms with Crippen molar-refractivity contribution in [1.82, 2.24) is 13.6 Å². The van der Waals surface area contributed by atoms with Gasteiger partial charge in [-0.05, 0) is 12.1 Å². The number of para-hydroxylation sites is 2. The fourth-order valence-electron chi connectivity index (χ4n) is 2.45. The maximum Gasteiger partial charge on any atom is 0.260 e. The number of anilines is 1. The number of aromatic nitrogens is 2. The molecule has 1 amide bonds. The number of rotatable bonds is 5. The Hall–Kier alpha value is -2.35. The fraction of sp³-hybridized carbons (Fsp3) is 0.400. The number of methoxy groups -OCH3 is 1. The van der Waals surface area contributed by atoms with Gasteiger partial charge in [-0.3, -0.25) is 4.79 Å². The second-order valence-electron chi connectivity index (χ2n) is 5.07. The molecule has 0 atom stereocenters. The number of ether oxygens (including phenoxy) is 2. The van der Waals surface area contributed by atoms with Crippen molar-refractivity contribution in [2.75, 3.05) is 44.8 Å². The van der Waals surface area contributed by atoms with E-state index in [9.17, 15) is 4.79 Å². The molecule has 0 bridgehead atoms. The molecule has 23 heavy (non-hydrogen) atoms. The zero-order chi connectivity index (χ0) is 16.1. The van der Waals surface area contributed by atoms with Crippen LogP contribution in [0.5, 0.6) is 11.5 Å². The van der Waals surface area contributed by atoms with Crippen molar-refractivity contribution < 1.29 is 14.3 Å². The molecule has 2 aromatic rings. The second-order valence-corrected chi connectivity index (χ2v) is 5.63. The lowest BCUT2D eigenvalue weighted by atomic mass is 10.3. The van der Waals surface area contributed by atoms with Gasteiger partial charge in [0.1, 0.15) is 0 Å². The highest BCUT2D eigenvalue weighted by molar-refractivity contribution is 6.99. The Kier molecular flexibility index (Phi) is 4.92. The Balaban J connectivity index is 1.50. The number of benzene rings is 1. The number of carbonyl (C=O) groups is 1. The maximum absolute atomic E-state index is 12.3. The van der Waals surface area contributed by atoms with Crippen LogP contribution < -0.4 is 14.4 Å². The first-order chi connectivity index (χ1) is 11.3. The van der Waals surface area contributed by atoms with Crippen molar-refractivity contribution in [3.05, 3.63) is 30.5 Å². The van der Waals surface area contributed by atoms with Crippen molar-refractivity contribution in [2.45, 2.75) is 0 Å². The van der Waals surface area contributed by atoms with Crippen LogP contribution >= 0.6 is 11.7 Å². The molecule has 1 saturated heterocycles. The molecule has 0 N–H and O–H groups in total. The molecule has 8 heteroatoms. The van der Waals surface area contributed by atoms with Gasteiger partial charge in [0.05, 0.1) is 25.0 Å². The van der Waals surface area contributed by atoms with Gasteiger partial charge in [-0.25, -0.2) is 0 Å². The van der Waals surface area contributed by atoms with E-state index in [2.05, 4.69) is 13.6 Å². The van der Waals surface area contributed by atoms with E-state index in [1.54, 1.807) is 25.4 Å². The summed E-state index contributed by atoms with van der Waals surface area (Å²) in [6.07, 6.45) is 1.76. The van der Waals surface area contributed by atoms with E-state index in [-0.39, 0.29) is 12.5 Å². The van der Waals surface area contributed by atoms with E-state index < -0.39 is 0 Å². The summed E-state index contributed by atoms with van der Waals surface area (Å²) >= 11 is 1.20. The number of hydrogen-bond donors (Lipinski definition) is 0. The van der Waals surface area contributed by atoms with Crippen molar-refractivity contribution in [3.63, 3.8) is 0 Å². The molecule has 2 heterocycles. The van der Waals surface area contributed by atoms with Crippen LogP contribution in [0.15, 0.2) is 30.5 Å². The third-order valence-electron chi connectivity index (χ3n) is 3.73. The average Bonchev–Trinajstić information content (AvgIpc) is 3.14. The molecule has 0 aliphatic carbocycles. The van der Waals surface area contributed by atoms with E-state index in [1.807, 2.05) is 17.0 Å². The van der Waals surface area contributed by atoms with Crippen molar-refractivity contribution in [3.8, 4) is 11.5 Å². The average molecular weight is 334 g/mol. The molecule has 1 aliphatic rings. The zero-order valence-electron chi connectivity index (χ0n) is 12.8. The molecular weight excluding hydrogens is 316 g/mol. The largest absolute Gasteiger partial charge is 0.493 e. The highest BCUT2D eigenvalue weighted by Gasteiger charge is 2.22. The van der Waals surface area contributed by atoms with Gasteiger partial charge in [0.2, 0.25) is 0 Å². The molecule has 0 radical (unpaired) electrons. The summed E-state index contributed by atoms with van der Waals surface area (Å²) in [5, 5.41) is 0. The quantitative estimate of drug-likeness (QED) is 0.820. The molecule has 0 unspecified atom stereocenters. The van der Waals surface area contributed by atoms with Crippen LogP contribution in [0.2, 0.25) is 0 Å². The summed E-state index contributed by atoms with van der Waals surface area (Å²) in [5.74, 6) is 2.07. The van der Waals surface area contributed by atoms with Gasteiger partial charge in [-0.2, -0.15) is 8.75 Å². The predicted molar refractivity (Wildman–Crippen MR) is 87.2 cm³/mol. The smallest absolute Gasteiger partial charge is 0.260 e. The molecule has 122 valence electrons. The van der Waals surface area contributed by atoms with Gasteiger partial charge in [0.15, 0.2) is 23.9 Å². The highest BCUT2D eigenvalue weighted by Crippen LogP contribution is 2.25. The van der Waals surface area contributed by atoms with E-state index in [4.69, 9.17) is 9.47 Å². The highest BCUT2D eigenvalue weighted by atomic mass is 32.1. The summed E-state index contributed by atoms with van der Waals surface area (Å²) in [4.78, 5) is 16.2. The van der Waals surface area contributed by atoms with Crippen LogP contribution in [0.1, 0.15) is 0 Å². The Morgan fingerprint density at radius 2 is 1.96 bits per heavy atom. The summed E-state index contributed by atoms with van der Waals surface area (Å²) in [7, 11) is 1.58. The fourth-order valence-corrected chi connectivity index (χ4v) is 2.89. The molecule has 0 spiro atoms. The van der Waals surface area contributed by atoms with E-state index in [0.717, 1.165) is 18.9 Å². The van der Waals surface area contributed by atoms with Gasteiger partial charge in [-0.15, -0.1) is 0 Å². The molecule has 1 aromatic heterocycles. The Morgan fingerprint density at radius 3 is 2.61 bits per heavy atom. The standard InChI is InChI=1S/C15H18N4O3S/c1-21-12-4-2-3-5-13(12)22-11-15(20)19-8-6-18(7-9-19)14-10-16-23-17-14/h2-5,10H,6-9,11H2,1H3. The van der Waals surface area contributed by atoms with Gasteiger partial charge < -0.3 is 19.3 Å². The van der Waals surface area contributed by atoms with Crippen LogP contribution in [0.25, 0.3) is 0 Å². The minimum Gasteiger partial charge on any atom is -0.493 e. The Labute approximate surface area is 138 Å². The monoisotopic (exact) mass is 334 g/mol. The molecular formula is C15H18N4O3S. The van der Waals surface area contributed by atoms with E-state index in [0.29, 0.717) is 24.6 Å². The topological polar surface area (TPSA) is 67.8 Å². The number of carbonyl (C=O) groups excluding carboxylic acids is 1. The minimum atomic E-state index is -0.0213. The van der Waals surface area contributed by atoms with Gasteiger partial charge in [-0.1, -0.05) is 12.1 Å². The first kappa shape index (κ1) is 15.5. The van der Waals surface area contributed by atoms with E-state index >= 15 is 0 Å². The first-order valence-electron chi connectivity index (χ1n) is 7.34. The van der Waals surface area contributed by atoms with Crippen LogP contribution in [0, 0.1) is 0 Å². The third-order valence-corrected chi connectivity index (χ3v) is 4.19. The van der Waals surface area contributed by atoms with Crippen molar-refractivity contribution >= 4 is 23.5 Å². The summed E-state index contributed by atoms with van der Waals surface area (Å²) in [6.45, 7) is 2.84. The van der Waals surface area contributed by atoms with Crippen LogP contribution in [-0.2, 0) is 4.79 Å². The summed E-state index contributed by atoms with van der Waals surface area (Å²) in [5.41, 5.74) is 0. The lowest BCUT2D eigenvalue weighted by Gasteiger charge is -2.34. The first-order valence-corrected chi connectivity index (χ1v) is 8.07. The van der Waals surface area contributed by atoms with Gasteiger partial charge in [0.25, 0.3) is 5.91 Å². The van der Waals surface area contributed by atoms with Crippen LogP contribution in [0.3, 0.4) is 0 Å². The molecule has 1 aromatic carbocycles. The summed E-state index contributed by atoms with van der Waals surface area (Å²) < 4.78 is 19.0.